The summed E-state index contributed by atoms with van der Waals surface area (Å²) in [5.74, 6) is 0. The van der Waals surface area contributed by atoms with Crippen molar-refractivity contribution in [3.63, 3.8) is 0 Å². The highest BCUT2D eigenvalue weighted by atomic mass is 16.1. The molecular formula is C16H21N3O. The minimum absolute atomic E-state index is 0.111. The van der Waals surface area contributed by atoms with E-state index in [1.54, 1.807) is 19.9 Å². The molecule has 2 rings (SSSR count). The third-order valence-corrected chi connectivity index (χ3v) is 3.32. The Kier molecular flexibility index (Phi) is 3.77. The number of aryl methyl sites for hydroxylation is 2. The first-order valence-electron chi connectivity index (χ1n) is 6.83. The molecule has 4 heteroatoms. The predicted octanol–water partition coefficient (Wildman–Crippen LogP) is 2.30. The van der Waals surface area contributed by atoms with Gasteiger partial charge in [-0.2, -0.15) is 5.10 Å². The lowest BCUT2D eigenvalue weighted by molar-refractivity contribution is 0.510. The monoisotopic (exact) mass is 271 g/mol. The summed E-state index contributed by atoms with van der Waals surface area (Å²) in [7, 11) is 0. The number of benzene rings is 1. The first-order valence-corrected chi connectivity index (χ1v) is 6.83. The van der Waals surface area contributed by atoms with Gasteiger partial charge in [0, 0.05) is 11.8 Å². The molecule has 0 bridgehead atoms. The van der Waals surface area contributed by atoms with Gasteiger partial charge < -0.3 is 5.73 Å². The maximum absolute atomic E-state index is 12.1. The van der Waals surface area contributed by atoms with E-state index in [9.17, 15) is 4.79 Å². The maximum Gasteiger partial charge on any atom is 0.205 e. The molecule has 0 aliphatic heterocycles. The molecular weight excluding hydrogens is 250 g/mol. The topological polar surface area (TPSA) is 60.9 Å². The van der Waals surface area contributed by atoms with E-state index in [0.29, 0.717) is 5.69 Å². The molecule has 1 heterocycles. The van der Waals surface area contributed by atoms with Gasteiger partial charge in [-0.1, -0.05) is 25.1 Å². The van der Waals surface area contributed by atoms with Crippen LogP contribution in [0.3, 0.4) is 0 Å². The molecule has 1 aromatic carbocycles. The van der Waals surface area contributed by atoms with Crippen LogP contribution in [0.5, 0.6) is 0 Å². The van der Waals surface area contributed by atoms with E-state index in [2.05, 4.69) is 18.1 Å². The van der Waals surface area contributed by atoms with Gasteiger partial charge in [-0.3, -0.25) is 4.79 Å². The van der Waals surface area contributed by atoms with Gasteiger partial charge in [-0.15, -0.1) is 0 Å². The molecule has 0 saturated heterocycles. The number of rotatable bonds is 3. The standard InChI is InChI=1S/C16H21N3O/c1-5-12-8-6-7-9-13(12)19-11(2)10-14(20)15(18-19)16(3,4)17/h6-10H,5,17H2,1-4H3. The number of nitrogens with two attached hydrogens (primary N) is 1. The van der Waals surface area contributed by atoms with E-state index in [4.69, 9.17) is 5.73 Å². The minimum Gasteiger partial charge on any atom is -0.320 e. The number of nitrogens with zero attached hydrogens (tertiary/aromatic N) is 2. The second-order valence-corrected chi connectivity index (χ2v) is 5.61. The van der Waals surface area contributed by atoms with Crippen molar-refractivity contribution in [1.29, 1.82) is 0 Å². The summed E-state index contributed by atoms with van der Waals surface area (Å²) in [5, 5.41) is 4.50. The van der Waals surface area contributed by atoms with Crippen LogP contribution in [0.1, 0.15) is 37.7 Å². The van der Waals surface area contributed by atoms with Crippen molar-refractivity contribution in [2.24, 2.45) is 5.73 Å². The Morgan fingerprint density at radius 3 is 2.55 bits per heavy atom. The second kappa shape index (κ2) is 5.21. The summed E-state index contributed by atoms with van der Waals surface area (Å²) >= 11 is 0. The fraction of sp³-hybridized carbons (Fsp3) is 0.375. The van der Waals surface area contributed by atoms with Crippen molar-refractivity contribution in [2.45, 2.75) is 39.7 Å². The molecule has 1 aromatic heterocycles. The molecule has 106 valence electrons. The lowest BCUT2D eigenvalue weighted by atomic mass is 10.0. The Bertz CT molecular complexity index is 681. The second-order valence-electron chi connectivity index (χ2n) is 5.61. The van der Waals surface area contributed by atoms with Crippen molar-refractivity contribution >= 4 is 0 Å². The molecule has 2 aromatic rings. The van der Waals surface area contributed by atoms with E-state index in [1.807, 2.05) is 29.8 Å². The average Bonchev–Trinajstić information content (AvgIpc) is 2.37. The lowest BCUT2D eigenvalue weighted by Crippen LogP contribution is -2.37. The molecule has 0 amide bonds. The Balaban J connectivity index is 2.72. The molecule has 0 aliphatic carbocycles. The fourth-order valence-corrected chi connectivity index (χ4v) is 2.25. The first kappa shape index (κ1) is 14.5. The van der Waals surface area contributed by atoms with Crippen LogP contribution in [0.25, 0.3) is 5.69 Å². The summed E-state index contributed by atoms with van der Waals surface area (Å²) in [6.45, 7) is 7.57. The Hall–Kier alpha value is -1.94. The molecule has 0 spiro atoms. The molecule has 20 heavy (non-hydrogen) atoms. The van der Waals surface area contributed by atoms with Crippen molar-refractivity contribution < 1.29 is 0 Å². The van der Waals surface area contributed by atoms with Gasteiger partial charge in [-0.25, -0.2) is 4.68 Å². The van der Waals surface area contributed by atoms with Crippen molar-refractivity contribution in [1.82, 2.24) is 9.78 Å². The normalized spacial score (nSPS) is 11.7. The van der Waals surface area contributed by atoms with Crippen molar-refractivity contribution in [3.05, 3.63) is 57.5 Å². The molecule has 0 saturated carbocycles. The Labute approximate surface area is 119 Å². The van der Waals surface area contributed by atoms with E-state index in [0.717, 1.165) is 17.8 Å². The zero-order valence-electron chi connectivity index (χ0n) is 12.5. The lowest BCUT2D eigenvalue weighted by Gasteiger charge is -2.20. The van der Waals surface area contributed by atoms with Gasteiger partial charge in [0.25, 0.3) is 0 Å². The van der Waals surface area contributed by atoms with Gasteiger partial charge in [0.1, 0.15) is 5.69 Å². The van der Waals surface area contributed by atoms with Crippen LogP contribution in [0, 0.1) is 6.92 Å². The van der Waals surface area contributed by atoms with Gasteiger partial charge in [-0.05, 0) is 38.8 Å². The van der Waals surface area contributed by atoms with Crippen LogP contribution < -0.4 is 11.2 Å². The number of hydrogen-bond donors (Lipinski definition) is 1. The Morgan fingerprint density at radius 2 is 1.95 bits per heavy atom. The smallest absolute Gasteiger partial charge is 0.205 e. The highest BCUT2D eigenvalue weighted by molar-refractivity contribution is 5.41. The first-order chi connectivity index (χ1) is 9.34. The van der Waals surface area contributed by atoms with Crippen LogP contribution >= 0.6 is 0 Å². The highest BCUT2D eigenvalue weighted by Crippen LogP contribution is 2.17. The van der Waals surface area contributed by atoms with Gasteiger partial charge in [0.2, 0.25) is 5.43 Å². The van der Waals surface area contributed by atoms with Crippen LogP contribution in [0.4, 0.5) is 0 Å². The minimum atomic E-state index is -0.756. The number of aromatic nitrogens is 2. The predicted molar refractivity (Wildman–Crippen MR) is 81.2 cm³/mol. The van der Waals surface area contributed by atoms with Gasteiger partial charge in [0.05, 0.1) is 11.2 Å². The van der Waals surface area contributed by atoms with Crippen molar-refractivity contribution in [3.8, 4) is 5.69 Å². The SMILES string of the molecule is CCc1ccccc1-n1nc(C(C)(C)N)c(=O)cc1C. The largest absolute Gasteiger partial charge is 0.320 e. The molecule has 0 radical (unpaired) electrons. The Morgan fingerprint density at radius 1 is 1.30 bits per heavy atom. The summed E-state index contributed by atoms with van der Waals surface area (Å²) in [5.41, 5.74) is 8.56. The van der Waals surface area contributed by atoms with E-state index in [1.165, 1.54) is 5.56 Å². The number of para-hydroxylation sites is 1. The van der Waals surface area contributed by atoms with Gasteiger partial charge >= 0.3 is 0 Å². The van der Waals surface area contributed by atoms with E-state index >= 15 is 0 Å². The summed E-state index contributed by atoms with van der Waals surface area (Å²) in [4.78, 5) is 12.1. The average molecular weight is 271 g/mol. The highest BCUT2D eigenvalue weighted by Gasteiger charge is 2.21. The zero-order chi connectivity index (χ0) is 14.9. The van der Waals surface area contributed by atoms with Crippen molar-refractivity contribution in [2.75, 3.05) is 0 Å². The maximum atomic E-state index is 12.1. The van der Waals surface area contributed by atoms with Crippen LogP contribution in [0.15, 0.2) is 35.1 Å². The third kappa shape index (κ3) is 2.65. The summed E-state index contributed by atoms with van der Waals surface area (Å²) in [6, 6.07) is 9.66. The molecule has 0 fully saturated rings. The summed E-state index contributed by atoms with van der Waals surface area (Å²) in [6.07, 6.45) is 0.908. The third-order valence-electron chi connectivity index (χ3n) is 3.32. The molecule has 0 unspecified atom stereocenters. The van der Waals surface area contributed by atoms with Crippen LogP contribution in [-0.2, 0) is 12.0 Å². The zero-order valence-corrected chi connectivity index (χ0v) is 12.5. The molecule has 0 aliphatic rings. The quantitative estimate of drug-likeness (QED) is 0.931. The number of hydrogen-bond acceptors (Lipinski definition) is 3. The van der Waals surface area contributed by atoms with Crippen LogP contribution in [0.2, 0.25) is 0 Å². The summed E-state index contributed by atoms with van der Waals surface area (Å²) < 4.78 is 1.81. The molecule has 4 nitrogen and oxygen atoms in total. The van der Waals surface area contributed by atoms with Gasteiger partial charge in [0.15, 0.2) is 0 Å². The van der Waals surface area contributed by atoms with E-state index in [-0.39, 0.29) is 5.43 Å². The fourth-order valence-electron chi connectivity index (χ4n) is 2.25. The van der Waals surface area contributed by atoms with E-state index < -0.39 is 5.54 Å². The molecule has 0 atom stereocenters. The van der Waals surface area contributed by atoms with Crippen LogP contribution in [-0.4, -0.2) is 9.78 Å². The molecule has 2 N–H and O–H groups in total.